The van der Waals surface area contributed by atoms with Gasteiger partial charge in [-0.15, -0.1) is 0 Å². The molecule has 0 fully saturated rings. The van der Waals surface area contributed by atoms with Gasteiger partial charge in [0.05, 0.1) is 0 Å². The Hall–Kier alpha value is -2.08. The van der Waals surface area contributed by atoms with Crippen LogP contribution in [0, 0.1) is 0 Å². The van der Waals surface area contributed by atoms with Crippen LogP contribution in [0.3, 0.4) is 0 Å². The fourth-order valence-corrected chi connectivity index (χ4v) is 2.83. The van der Waals surface area contributed by atoms with Crippen LogP contribution in [0.1, 0.15) is 10.6 Å². The van der Waals surface area contributed by atoms with Crippen molar-refractivity contribution in [2.24, 2.45) is 7.05 Å². The number of aromatic carboxylic acids is 1. The predicted molar refractivity (Wildman–Crippen MR) is 73.1 cm³/mol. The third-order valence-electron chi connectivity index (χ3n) is 2.97. The number of benzene rings is 1. The van der Waals surface area contributed by atoms with Gasteiger partial charge in [0.25, 0.3) is 0 Å². The molecule has 3 rings (SSSR count). The highest BCUT2D eigenvalue weighted by Gasteiger charge is 2.16. The zero-order valence-corrected chi connectivity index (χ0v) is 11.5. The van der Waals surface area contributed by atoms with E-state index in [1.165, 1.54) is 6.07 Å². The van der Waals surface area contributed by atoms with Crippen LogP contribution in [0.4, 0.5) is 0 Å². The molecule has 2 aromatic heterocycles. The summed E-state index contributed by atoms with van der Waals surface area (Å²) in [7, 11) is 1.95. The van der Waals surface area contributed by atoms with Crippen LogP contribution in [-0.4, -0.2) is 20.8 Å². The first-order valence-electron chi connectivity index (χ1n) is 5.52. The van der Waals surface area contributed by atoms with E-state index in [0.29, 0.717) is 5.69 Å². The Morgan fingerprint density at radius 2 is 2.26 bits per heavy atom. The highest BCUT2D eigenvalue weighted by molar-refractivity contribution is 9.10. The predicted octanol–water partition coefficient (Wildman–Crippen LogP) is 3.29. The summed E-state index contributed by atoms with van der Waals surface area (Å²) in [6.07, 6.45) is 1.95. The van der Waals surface area contributed by atoms with Crippen molar-refractivity contribution in [3.05, 3.63) is 40.7 Å². The number of fused-ring (bicyclic) bond motifs is 1. The van der Waals surface area contributed by atoms with Gasteiger partial charge in [0.1, 0.15) is 5.69 Å². The molecule has 6 heteroatoms. The van der Waals surface area contributed by atoms with Gasteiger partial charge in [0, 0.05) is 40.2 Å². The van der Waals surface area contributed by atoms with E-state index in [0.717, 1.165) is 20.9 Å². The SMILES string of the molecule is Cn1cc(Br)c2c(-c3cc(C(=O)O)on3)cccc21. The molecule has 0 aliphatic heterocycles. The van der Waals surface area contributed by atoms with Crippen molar-refractivity contribution in [2.45, 2.75) is 0 Å². The van der Waals surface area contributed by atoms with Crippen molar-refractivity contribution in [2.75, 3.05) is 0 Å². The number of carbonyl (C=O) groups is 1. The molecule has 0 unspecified atom stereocenters. The summed E-state index contributed by atoms with van der Waals surface area (Å²) in [5.74, 6) is -1.29. The molecular formula is C13H9BrN2O3. The molecule has 2 heterocycles. The Labute approximate surface area is 116 Å². The Morgan fingerprint density at radius 1 is 1.47 bits per heavy atom. The number of hydrogen-bond donors (Lipinski definition) is 1. The maximum atomic E-state index is 10.8. The van der Waals surface area contributed by atoms with Gasteiger partial charge in [-0.2, -0.15) is 0 Å². The lowest BCUT2D eigenvalue weighted by Gasteiger charge is -2.00. The summed E-state index contributed by atoms with van der Waals surface area (Å²) in [5, 5.41) is 13.7. The first-order valence-corrected chi connectivity index (χ1v) is 6.31. The zero-order valence-electron chi connectivity index (χ0n) is 9.92. The topological polar surface area (TPSA) is 68.3 Å². The van der Waals surface area contributed by atoms with Crippen molar-refractivity contribution >= 4 is 32.8 Å². The Bertz CT molecular complexity index is 788. The summed E-state index contributed by atoms with van der Waals surface area (Å²) < 4.78 is 7.72. The molecular weight excluding hydrogens is 312 g/mol. The van der Waals surface area contributed by atoms with Crippen LogP contribution in [0.15, 0.2) is 39.5 Å². The lowest BCUT2D eigenvalue weighted by Crippen LogP contribution is -1.91. The van der Waals surface area contributed by atoms with Crippen molar-refractivity contribution in [1.82, 2.24) is 9.72 Å². The zero-order chi connectivity index (χ0) is 13.6. The van der Waals surface area contributed by atoms with Crippen LogP contribution in [0.5, 0.6) is 0 Å². The third kappa shape index (κ3) is 1.84. The van der Waals surface area contributed by atoms with Crippen molar-refractivity contribution < 1.29 is 14.4 Å². The molecule has 19 heavy (non-hydrogen) atoms. The van der Waals surface area contributed by atoms with Crippen LogP contribution >= 0.6 is 15.9 Å². The van der Waals surface area contributed by atoms with E-state index in [4.69, 9.17) is 9.63 Å². The molecule has 1 N–H and O–H groups in total. The smallest absolute Gasteiger partial charge is 0.374 e. The fourth-order valence-electron chi connectivity index (χ4n) is 2.11. The maximum absolute atomic E-state index is 10.8. The number of nitrogens with zero attached hydrogens (tertiary/aromatic N) is 2. The molecule has 0 saturated carbocycles. The molecule has 1 aromatic carbocycles. The quantitative estimate of drug-likeness (QED) is 0.786. The van der Waals surface area contributed by atoms with Gasteiger partial charge in [-0.25, -0.2) is 4.79 Å². The molecule has 96 valence electrons. The second kappa shape index (κ2) is 4.24. The minimum atomic E-state index is -1.13. The van der Waals surface area contributed by atoms with Gasteiger partial charge in [-0.1, -0.05) is 17.3 Å². The fraction of sp³-hybridized carbons (Fsp3) is 0.0769. The van der Waals surface area contributed by atoms with Crippen molar-refractivity contribution in [3.63, 3.8) is 0 Å². The molecule has 0 spiro atoms. The Morgan fingerprint density at radius 3 is 2.95 bits per heavy atom. The highest BCUT2D eigenvalue weighted by Crippen LogP contribution is 2.34. The molecule has 0 aliphatic rings. The number of halogens is 1. The summed E-state index contributed by atoms with van der Waals surface area (Å²) in [4.78, 5) is 10.8. The van der Waals surface area contributed by atoms with E-state index >= 15 is 0 Å². The minimum Gasteiger partial charge on any atom is -0.475 e. The summed E-state index contributed by atoms with van der Waals surface area (Å²) >= 11 is 3.51. The summed E-state index contributed by atoms with van der Waals surface area (Å²) in [5.41, 5.74) is 2.38. The van der Waals surface area contributed by atoms with Gasteiger partial charge in [-0.05, 0) is 22.0 Å². The van der Waals surface area contributed by atoms with E-state index in [1.54, 1.807) is 0 Å². The summed E-state index contributed by atoms with van der Waals surface area (Å²) in [6.45, 7) is 0. The second-order valence-corrected chi connectivity index (χ2v) is 5.02. The first kappa shape index (κ1) is 12.0. The minimum absolute atomic E-state index is 0.168. The van der Waals surface area contributed by atoms with E-state index < -0.39 is 5.97 Å². The van der Waals surface area contributed by atoms with E-state index in [1.807, 2.05) is 36.0 Å². The third-order valence-corrected chi connectivity index (χ3v) is 3.57. The normalized spacial score (nSPS) is 11.1. The monoisotopic (exact) mass is 320 g/mol. The number of aryl methyl sites for hydroxylation is 1. The number of carboxylic acids is 1. The highest BCUT2D eigenvalue weighted by atomic mass is 79.9. The van der Waals surface area contributed by atoms with E-state index in [9.17, 15) is 4.79 Å². The number of rotatable bonds is 2. The lowest BCUT2D eigenvalue weighted by molar-refractivity contribution is 0.0652. The molecule has 0 bridgehead atoms. The molecule has 3 aromatic rings. The maximum Gasteiger partial charge on any atom is 0.374 e. The Balaban J connectivity index is 2.27. The number of carboxylic acid groups (broad SMARTS) is 1. The van der Waals surface area contributed by atoms with E-state index in [-0.39, 0.29) is 5.76 Å². The molecule has 0 aliphatic carbocycles. The average Bonchev–Trinajstić information content (AvgIpc) is 2.96. The van der Waals surface area contributed by atoms with Crippen LogP contribution in [-0.2, 0) is 7.05 Å². The molecule has 5 nitrogen and oxygen atoms in total. The van der Waals surface area contributed by atoms with Crippen molar-refractivity contribution in [3.8, 4) is 11.3 Å². The largest absolute Gasteiger partial charge is 0.475 e. The van der Waals surface area contributed by atoms with Gasteiger partial charge in [-0.3, -0.25) is 0 Å². The van der Waals surface area contributed by atoms with Gasteiger partial charge in [0.2, 0.25) is 5.76 Å². The standard InChI is InChI=1S/C13H9BrN2O3/c1-16-6-8(14)12-7(3-2-4-10(12)16)9-5-11(13(17)18)19-15-9/h2-6H,1H3,(H,17,18). The molecule has 0 atom stereocenters. The molecule has 0 radical (unpaired) electrons. The van der Waals surface area contributed by atoms with Crippen LogP contribution in [0.2, 0.25) is 0 Å². The summed E-state index contributed by atoms with van der Waals surface area (Å²) in [6, 6.07) is 7.20. The number of hydrogen-bond acceptors (Lipinski definition) is 3. The van der Waals surface area contributed by atoms with Gasteiger partial charge < -0.3 is 14.2 Å². The first-order chi connectivity index (χ1) is 9.08. The second-order valence-electron chi connectivity index (χ2n) is 4.17. The van der Waals surface area contributed by atoms with Crippen molar-refractivity contribution in [1.29, 1.82) is 0 Å². The molecule has 0 saturated heterocycles. The Kier molecular flexibility index (Phi) is 2.67. The average molecular weight is 321 g/mol. The molecule has 0 amide bonds. The van der Waals surface area contributed by atoms with Gasteiger partial charge >= 0.3 is 5.97 Å². The van der Waals surface area contributed by atoms with Crippen LogP contribution < -0.4 is 0 Å². The number of aromatic nitrogens is 2. The lowest BCUT2D eigenvalue weighted by atomic mass is 10.1. The van der Waals surface area contributed by atoms with Crippen LogP contribution in [0.25, 0.3) is 22.2 Å². The van der Waals surface area contributed by atoms with Gasteiger partial charge in [0.15, 0.2) is 0 Å². The van der Waals surface area contributed by atoms with E-state index in [2.05, 4.69) is 21.1 Å².